The Morgan fingerprint density at radius 2 is 1.89 bits per heavy atom. The van der Waals surface area contributed by atoms with E-state index in [1.165, 1.54) is 24.8 Å². The summed E-state index contributed by atoms with van der Waals surface area (Å²) >= 11 is 0. The molecule has 0 saturated heterocycles. The van der Waals surface area contributed by atoms with Gasteiger partial charge < -0.3 is 14.8 Å². The number of rotatable bonds is 9. The topological polar surface area (TPSA) is 108 Å². The Morgan fingerprint density at radius 3 is 2.54 bits per heavy atom. The molecule has 0 aliphatic rings. The Balaban J connectivity index is 1.89. The smallest absolute Gasteiger partial charge is 0.338 e. The van der Waals surface area contributed by atoms with Gasteiger partial charge in [0, 0.05) is 12.1 Å². The van der Waals surface area contributed by atoms with Crippen LogP contribution in [0, 0.1) is 10.1 Å². The van der Waals surface area contributed by atoms with Gasteiger partial charge in [-0.3, -0.25) is 14.9 Å². The van der Waals surface area contributed by atoms with E-state index in [1.807, 2.05) is 37.3 Å². The van der Waals surface area contributed by atoms with Crippen LogP contribution in [0.1, 0.15) is 29.3 Å². The Labute approximate surface area is 162 Å². The monoisotopic (exact) mass is 386 g/mol. The lowest BCUT2D eigenvalue weighted by atomic mass is 10.1. The van der Waals surface area contributed by atoms with Crippen LogP contribution >= 0.6 is 0 Å². The van der Waals surface area contributed by atoms with Crippen LogP contribution in [0.4, 0.5) is 5.69 Å². The minimum atomic E-state index is -0.695. The van der Waals surface area contributed by atoms with E-state index < -0.39 is 16.6 Å². The molecule has 1 atom stereocenters. The fourth-order valence-electron chi connectivity index (χ4n) is 2.59. The molecule has 0 heterocycles. The van der Waals surface area contributed by atoms with Crippen molar-refractivity contribution in [2.45, 2.75) is 25.8 Å². The summed E-state index contributed by atoms with van der Waals surface area (Å²) in [7, 11) is 1.18. The SMILES string of the molecule is COC(=O)c1ccc(OCC(=O)N[C@@H](C)CCc2ccccc2)c([N+](=O)[O-])c1. The molecule has 148 valence electrons. The third-order valence-corrected chi connectivity index (χ3v) is 4.05. The van der Waals surface area contributed by atoms with E-state index in [-0.39, 0.29) is 29.9 Å². The number of esters is 1. The summed E-state index contributed by atoms with van der Waals surface area (Å²) in [5.74, 6) is -1.17. The number of ether oxygens (including phenoxy) is 2. The first-order chi connectivity index (χ1) is 13.4. The van der Waals surface area contributed by atoms with Crippen molar-refractivity contribution in [2.24, 2.45) is 0 Å². The van der Waals surface area contributed by atoms with E-state index in [2.05, 4.69) is 10.1 Å². The second kappa shape index (κ2) is 10.1. The van der Waals surface area contributed by atoms with Crippen molar-refractivity contribution >= 4 is 17.6 Å². The number of amides is 1. The first kappa shape index (κ1) is 20.9. The van der Waals surface area contributed by atoms with Gasteiger partial charge in [-0.2, -0.15) is 0 Å². The van der Waals surface area contributed by atoms with Crippen LogP contribution < -0.4 is 10.1 Å². The van der Waals surface area contributed by atoms with Crippen molar-refractivity contribution in [1.82, 2.24) is 5.32 Å². The van der Waals surface area contributed by atoms with Gasteiger partial charge in [0.25, 0.3) is 5.91 Å². The van der Waals surface area contributed by atoms with E-state index in [4.69, 9.17) is 4.74 Å². The van der Waals surface area contributed by atoms with Gasteiger partial charge in [0.05, 0.1) is 17.6 Å². The molecule has 2 aromatic rings. The zero-order chi connectivity index (χ0) is 20.5. The lowest BCUT2D eigenvalue weighted by Crippen LogP contribution is -2.36. The molecule has 1 amide bonds. The van der Waals surface area contributed by atoms with Gasteiger partial charge in [-0.25, -0.2) is 4.79 Å². The predicted octanol–water partition coefficient (Wildman–Crippen LogP) is 2.90. The number of benzene rings is 2. The normalized spacial score (nSPS) is 11.4. The van der Waals surface area contributed by atoms with Crippen molar-refractivity contribution in [2.75, 3.05) is 13.7 Å². The first-order valence-electron chi connectivity index (χ1n) is 8.73. The van der Waals surface area contributed by atoms with Gasteiger partial charge >= 0.3 is 11.7 Å². The molecule has 0 fully saturated rings. The molecule has 0 aliphatic heterocycles. The van der Waals surface area contributed by atoms with Crippen LogP contribution in [0.2, 0.25) is 0 Å². The number of nitrogens with one attached hydrogen (secondary N) is 1. The molecule has 0 saturated carbocycles. The third-order valence-electron chi connectivity index (χ3n) is 4.05. The van der Waals surface area contributed by atoms with Crippen LogP contribution in [-0.2, 0) is 16.0 Å². The maximum absolute atomic E-state index is 12.1. The van der Waals surface area contributed by atoms with E-state index >= 15 is 0 Å². The Kier molecular flexibility index (Phi) is 7.50. The zero-order valence-corrected chi connectivity index (χ0v) is 15.7. The standard InChI is InChI=1S/C20H22N2O6/c1-14(8-9-15-6-4-3-5-7-15)21-19(23)13-28-18-11-10-16(20(24)27-2)12-17(18)22(25)26/h3-7,10-12,14H,8-9,13H2,1-2H3,(H,21,23)/t14-/m0/s1. The van der Waals surface area contributed by atoms with Crippen LogP contribution in [0.15, 0.2) is 48.5 Å². The average molecular weight is 386 g/mol. The summed E-state index contributed by atoms with van der Waals surface area (Å²) in [5, 5.41) is 14.0. The van der Waals surface area contributed by atoms with Crippen molar-refractivity contribution in [3.05, 3.63) is 69.8 Å². The van der Waals surface area contributed by atoms with Crippen LogP contribution in [0.3, 0.4) is 0 Å². The summed E-state index contributed by atoms with van der Waals surface area (Å²) in [6.07, 6.45) is 1.58. The summed E-state index contributed by atoms with van der Waals surface area (Å²) in [6, 6.07) is 13.5. The Morgan fingerprint density at radius 1 is 1.18 bits per heavy atom. The molecular formula is C20H22N2O6. The van der Waals surface area contributed by atoms with E-state index in [9.17, 15) is 19.7 Å². The second-order valence-corrected chi connectivity index (χ2v) is 6.21. The highest BCUT2D eigenvalue weighted by Gasteiger charge is 2.20. The molecule has 0 aliphatic carbocycles. The maximum atomic E-state index is 12.1. The summed E-state index contributed by atoms with van der Waals surface area (Å²) in [5.41, 5.74) is 0.800. The molecule has 28 heavy (non-hydrogen) atoms. The van der Waals surface area contributed by atoms with E-state index in [0.717, 1.165) is 18.9 Å². The van der Waals surface area contributed by atoms with Crippen LogP contribution in [0.25, 0.3) is 0 Å². The molecule has 0 spiro atoms. The van der Waals surface area contributed by atoms with Gasteiger partial charge in [-0.1, -0.05) is 30.3 Å². The molecule has 0 bridgehead atoms. The number of carbonyl (C=O) groups is 2. The molecule has 2 rings (SSSR count). The molecule has 8 heteroatoms. The minimum Gasteiger partial charge on any atom is -0.477 e. The highest BCUT2D eigenvalue weighted by molar-refractivity contribution is 5.90. The molecule has 8 nitrogen and oxygen atoms in total. The maximum Gasteiger partial charge on any atom is 0.338 e. The van der Waals surface area contributed by atoms with Crippen molar-refractivity contribution in [3.8, 4) is 5.75 Å². The van der Waals surface area contributed by atoms with Crippen LogP contribution in [0.5, 0.6) is 5.75 Å². The predicted molar refractivity (Wildman–Crippen MR) is 102 cm³/mol. The minimum absolute atomic E-state index is 0.0283. The van der Waals surface area contributed by atoms with Gasteiger partial charge in [0.15, 0.2) is 12.4 Å². The Hall–Kier alpha value is -3.42. The number of carbonyl (C=O) groups excluding carboxylic acids is 2. The fourth-order valence-corrected chi connectivity index (χ4v) is 2.59. The largest absolute Gasteiger partial charge is 0.477 e. The van der Waals surface area contributed by atoms with Gasteiger partial charge in [-0.05, 0) is 37.5 Å². The molecule has 0 radical (unpaired) electrons. The number of aryl methyl sites for hydroxylation is 1. The quantitative estimate of drug-likeness (QED) is 0.403. The molecule has 1 N–H and O–H groups in total. The number of nitrogens with zero attached hydrogens (tertiary/aromatic N) is 1. The third kappa shape index (κ3) is 6.08. The molecule has 0 unspecified atom stereocenters. The highest BCUT2D eigenvalue weighted by atomic mass is 16.6. The van der Waals surface area contributed by atoms with Gasteiger partial charge in [0.1, 0.15) is 0 Å². The fraction of sp³-hybridized carbons (Fsp3) is 0.300. The van der Waals surface area contributed by atoms with Crippen molar-refractivity contribution in [1.29, 1.82) is 0 Å². The zero-order valence-electron chi connectivity index (χ0n) is 15.7. The lowest BCUT2D eigenvalue weighted by molar-refractivity contribution is -0.385. The number of nitro benzene ring substituents is 1. The molecule has 0 aromatic heterocycles. The van der Waals surface area contributed by atoms with Gasteiger partial charge in [0.2, 0.25) is 0 Å². The van der Waals surface area contributed by atoms with E-state index in [1.54, 1.807) is 0 Å². The highest BCUT2D eigenvalue weighted by Crippen LogP contribution is 2.28. The van der Waals surface area contributed by atoms with Crippen molar-refractivity contribution in [3.63, 3.8) is 0 Å². The lowest BCUT2D eigenvalue weighted by Gasteiger charge is -2.14. The summed E-state index contributed by atoms with van der Waals surface area (Å²) in [4.78, 5) is 34.1. The number of hydrogen-bond donors (Lipinski definition) is 1. The number of nitro groups is 1. The first-order valence-corrected chi connectivity index (χ1v) is 8.73. The number of hydrogen-bond acceptors (Lipinski definition) is 6. The van der Waals surface area contributed by atoms with E-state index in [0.29, 0.717) is 0 Å². The van der Waals surface area contributed by atoms with Crippen molar-refractivity contribution < 1.29 is 24.0 Å². The second-order valence-electron chi connectivity index (χ2n) is 6.21. The summed E-state index contributed by atoms with van der Waals surface area (Å²) in [6.45, 7) is 1.52. The number of methoxy groups -OCH3 is 1. The molecular weight excluding hydrogens is 364 g/mol. The van der Waals surface area contributed by atoms with Gasteiger partial charge in [-0.15, -0.1) is 0 Å². The van der Waals surface area contributed by atoms with Crippen LogP contribution in [-0.4, -0.2) is 36.6 Å². The average Bonchev–Trinajstić information content (AvgIpc) is 2.70. The summed E-state index contributed by atoms with van der Waals surface area (Å²) < 4.78 is 9.83. The molecule has 2 aromatic carbocycles. The Bertz CT molecular complexity index is 838.